The molecule has 0 aliphatic heterocycles. The highest BCUT2D eigenvalue weighted by Crippen LogP contribution is 2.37. The number of alkyl halides is 3. The second-order valence-electron chi connectivity index (χ2n) is 2.09. The Morgan fingerprint density at radius 3 is 2.57 bits per heavy atom. The van der Waals surface area contributed by atoms with Gasteiger partial charge in [-0.2, -0.15) is 0 Å². The van der Waals surface area contributed by atoms with Crippen LogP contribution in [0.2, 0.25) is 5.02 Å². The monoisotopic (exact) mass is 401 g/mol. The normalized spacial score (nSPS) is 11.6. The minimum absolute atomic E-state index is 0.0379. The molecule has 0 spiro atoms. The van der Waals surface area contributed by atoms with E-state index in [4.69, 9.17) is 11.6 Å². The van der Waals surface area contributed by atoms with E-state index in [1.165, 1.54) is 6.20 Å². The fraction of sp³-hybridized carbons (Fsp3) is 0.167. The third kappa shape index (κ3) is 3.13. The lowest BCUT2D eigenvalue weighted by molar-refractivity contribution is -0.275. The maximum absolute atomic E-state index is 11.9. The van der Waals surface area contributed by atoms with Crippen molar-refractivity contribution in [3.8, 4) is 5.75 Å². The van der Waals surface area contributed by atoms with Crippen LogP contribution >= 0.6 is 50.1 Å². The molecular weight excluding hydrogens is 401 g/mol. The highest BCUT2D eigenvalue weighted by atomic mass is 127. The molecule has 0 aliphatic carbocycles. The van der Waals surface area contributed by atoms with Gasteiger partial charge in [-0.25, -0.2) is 4.98 Å². The molecule has 1 aromatic rings. The molecule has 1 heterocycles. The average Bonchev–Trinajstić information content (AvgIpc) is 2.04. The Morgan fingerprint density at radius 1 is 1.50 bits per heavy atom. The highest BCUT2D eigenvalue weighted by Gasteiger charge is 2.33. The molecule has 0 radical (unpaired) electrons. The first kappa shape index (κ1) is 12.3. The van der Waals surface area contributed by atoms with E-state index in [-0.39, 0.29) is 13.2 Å². The summed E-state index contributed by atoms with van der Waals surface area (Å²) >= 11 is 10.1. The van der Waals surface area contributed by atoms with Crippen molar-refractivity contribution >= 4 is 50.1 Å². The van der Waals surface area contributed by atoms with Crippen molar-refractivity contribution in [2.24, 2.45) is 0 Å². The summed E-state index contributed by atoms with van der Waals surface area (Å²) in [6, 6.07) is 0. The van der Waals surface area contributed by atoms with Gasteiger partial charge < -0.3 is 4.74 Å². The summed E-state index contributed by atoms with van der Waals surface area (Å²) in [4.78, 5) is 3.62. The Balaban J connectivity index is 3.13. The SMILES string of the molecule is FC(F)(F)Oc1c(I)ncc(Cl)c1Br. The number of hydrogen-bond acceptors (Lipinski definition) is 2. The van der Waals surface area contributed by atoms with E-state index in [2.05, 4.69) is 25.7 Å². The van der Waals surface area contributed by atoms with Crippen LogP contribution in [0, 0.1) is 3.70 Å². The van der Waals surface area contributed by atoms with Crippen LogP contribution in [0.3, 0.4) is 0 Å². The summed E-state index contributed by atoms with van der Waals surface area (Å²) in [5, 5.41) is 0.0599. The predicted molar refractivity (Wildman–Crippen MR) is 56.3 cm³/mol. The highest BCUT2D eigenvalue weighted by molar-refractivity contribution is 14.1. The van der Waals surface area contributed by atoms with Crippen LogP contribution in [-0.4, -0.2) is 11.3 Å². The minimum Gasteiger partial charge on any atom is -0.402 e. The molecular formula is C6HBrClF3INO. The summed E-state index contributed by atoms with van der Waals surface area (Å²) in [7, 11) is 0. The van der Waals surface area contributed by atoms with Crippen LogP contribution in [0.15, 0.2) is 10.7 Å². The largest absolute Gasteiger partial charge is 0.573 e. The van der Waals surface area contributed by atoms with E-state index in [0.29, 0.717) is 0 Å². The summed E-state index contributed by atoms with van der Waals surface area (Å²) in [6.07, 6.45) is -3.52. The number of hydrogen-bond donors (Lipinski definition) is 0. The Kier molecular flexibility index (Phi) is 3.87. The maximum Gasteiger partial charge on any atom is 0.573 e. The van der Waals surface area contributed by atoms with E-state index < -0.39 is 12.1 Å². The summed E-state index contributed by atoms with van der Waals surface area (Å²) in [5.74, 6) is -0.425. The number of ether oxygens (including phenoxy) is 1. The average molecular weight is 402 g/mol. The lowest BCUT2D eigenvalue weighted by atomic mass is 10.5. The van der Waals surface area contributed by atoms with Gasteiger partial charge in [0.1, 0.15) is 3.70 Å². The number of halogens is 6. The van der Waals surface area contributed by atoms with Crippen molar-refractivity contribution in [2.75, 3.05) is 0 Å². The van der Waals surface area contributed by atoms with Gasteiger partial charge in [0.2, 0.25) is 0 Å². The van der Waals surface area contributed by atoms with Gasteiger partial charge in [-0.15, -0.1) is 13.2 Å². The van der Waals surface area contributed by atoms with E-state index in [9.17, 15) is 13.2 Å². The molecule has 0 aliphatic rings. The molecule has 0 aromatic carbocycles. The lowest BCUT2D eigenvalue weighted by Gasteiger charge is -2.11. The maximum atomic E-state index is 11.9. The molecule has 2 nitrogen and oxygen atoms in total. The number of nitrogens with zero attached hydrogens (tertiary/aromatic N) is 1. The number of rotatable bonds is 1. The Hall–Kier alpha value is 0.240. The molecule has 8 heteroatoms. The zero-order chi connectivity index (χ0) is 10.9. The molecule has 0 N–H and O–H groups in total. The number of pyridine rings is 1. The molecule has 0 unspecified atom stereocenters. The van der Waals surface area contributed by atoms with Gasteiger partial charge in [0.15, 0.2) is 5.75 Å². The summed E-state index contributed by atoms with van der Waals surface area (Å²) in [5.41, 5.74) is 0. The van der Waals surface area contributed by atoms with Crippen molar-refractivity contribution < 1.29 is 17.9 Å². The van der Waals surface area contributed by atoms with E-state index >= 15 is 0 Å². The standard InChI is InChI=1S/C6HBrClF3INO/c7-3-2(8)1-13-5(12)4(3)14-6(9,10)11/h1H. The first-order valence-electron chi connectivity index (χ1n) is 3.06. The van der Waals surface area contributed by atoms with Crippen LogP contribution in [-0.2, 0) is 0 Å². The topological polar surface area (TPSA) is 22.1 Å². The van der Waals surface area contributed by atoms with Crippen molar-refractivity contribution in [3.63, 3.8) is 0 Å². The van der Waals surface area contributed by atoms with E-state index in [0.717, 1.165) is 0 Å². The Labute approximate surface area is 104 Å². The van der Waals surface area contributed by atoms with Crippen molar-refractivity contribution in [3.05, 3.63) is 19.4 Å². The molecule has 1 rings (SSSR count). The first-order valence-corrected chi connectivity index (χ1v) is 5.31. The van der Waals surface area contributed by atoms with Gasteiger partial charge in [0, 0.05) is 6.20 Å². The van der Waals surface area contributed by atoms with Crippen LogP contribution in [0.25, 0.3) is 0 Å². The lowest BCUT2D eigenvalue weighted by Crippen LogP contribution is -2.18. The smallest absolute Gasteiger partial charge is 0.402 e. The molecule has 0 atom stereocenters. The van der Waals surface area contributed by atoms with E-state index in [1.807, 2.05) is 0 Å². The van der Waals surface area contributed by atoms with E-state index in [1.54, 1.807) is 22.6 Å². The van der Waals surface area contributed by atoms with Crippen molar-refractivity contribution in [1.29, 1.82) is 0 Å². The predicted octanol–water partition coefficient (Wildman–Crippen LogP) is 4.00. The zero-order valence-corrected chi connectivity index (χ0v) is 10.7. The number of aromatic nitrogens is 1. The summed E-state index contributed by atoms with van der Waals surface area (Å²) in [6.45, 7) is 0. The Bertz CT molecular complexity index is 360. The molecule has 0 saturated heterocycles. The van der Waals surface area contributed by atoms with Crippen LogP contribution < -0.4 is 4.74 Å². The van der Waals surface area contributed by atoms with Gasteiger partial charge in [-0.3, -0.25) is 0 Å². The van der Waals surface area contributed by atoms with Crippen LogP contribution in [0.4, 0.5) is 13.2 Å². The fourth-order valence-corrected chi connectivity index (χ4v) is 2.03. The molecule has 0 fully saturated rings. The minimum atomic E-state index is -4.76. The van der Waals surface area contributed by atoms with Gasteiger partial charge in [0.05, 0.1) is 9.50 Å². The Morgan fingerprint density at radius 2 is 2.07 bits per heavy atom. The molecule has 0 bridgehead atoms. The molecule has 14 heavy (non-hydrogen) atoms. The third-order valence-electron chi connectivity index (χ3n) is 1.11. The molecule has 78 valence electrons. The first-order chi connectivity index (χ1) is 6.31. The molecule has 0 saturated carbocycles. The van der Waals surface area contributed by atoms with Crippen molar-refractivity contribution in [2.45, 2.75) is 6.36 Å². The van der Waals surface area contributed by atoms with Crippen molar-refractivity contribution in [1.82, 2.24) is 4.98 Å². The van der Waals surface area contributed by atoms with Gasteiger partial charge in [-0.05, 0) is 38.5 Å². The molecule has 0 amide bonds. The molecule has 1 aromatic heterocycles. The summed E-state index contributed by atoms with van der Waals surface area (Å²) < 4.78 is 39.6. The fourth-order valence-electron chi connectivity index (χ4n) is 0.630. The van der Waals surface area contributed by atoms with Gasteiger partial charge >= 0.3 is 6.36 Å². The van der Waals surface area contributed by atoms with Gasteiger partial charge in [0.25, 0.3) is 0 Å². The third-order valence-corrected chi connectivity index (χ3v) is 3.18. The van der Waals surface area contributed by atoms with Crippen LogP contribution in [0.1, 0.15) is 0 Å². The van der Waals surface area contributed by atoms with Gasteiger partial charge in [-0.1, -0.05) is 11.6 Å². The van der Waals surface area contributed by atoms with Crippen LogP contribution in [0.5, 0.6) is 5.75 Å². The second kappa shape index (κ2) is 4.40. The second-order valence-corrected chi connectivity index (χ2v) is 4.31. The quantitative estimate of drug-likeness (QED) is 0.523. The zero-order valence-electron chi connectivity index (χ0n) is 6.20.